The minimum Gasteiger partial charge on any atom is -0.326 e. The van der Waals surface area contributed by atoms with Crippen molar-refractivity contribution < 1.29 is 4.79 Å². The van der Waals surface area contributed by atoms with E-state index in [9.17, 15) is 4.79 Å². The number of nitrogens with one attached hydrogen (secondary N) is 1. The molecule has 0 spiro atoms. The lowest BCUT2D eigenvalue weighted by atomic mass is 10.0. The van der Waals surface area contributed by atoms with Gasteiger partial charge in [-0.1, -0.05) is 18.2 Å². The van der Waals surface area contributed by atoms with Crippen molar-refractivity contribution in [3.05, 3.63) is 45.4 Å². The third kappa shape index (κ3) is 3.50. The number of rotatable bonds is 4. The number of carbonyl (C=O) groups is 1. The molecule has 2 aromatic rings. The van der Waals surface area contributed by atoms with Gasteiger partial charge in [0.2, 0.25) is 5.91 Å². The zero-order valence-corrected chi connectivity index (χ0v) is 13.1. The topological polar surface area (TPSA) is 42.0 Å². The molecule has 4 heteroatoms. The van der Waals surface area contributed by atoms with Crippen LogP contribution < -0.4 is 5.32 Å². The Bertz CT molecular complexity index is 624. The summed E-state index contributed by atoms with van der Waals surface area (Å²) in [4.78, 5) is 18.2. The molecule has 1 amide bonds. The van der Waals surface area contributed by atoms with Crippen LogP contribution in [0.2, 0.25) is 0 Å². The number of benzene rings is 1. The van der Waals surface area contributed by atoms with Gasteiger partial charge in [-0.25, -0.2) is 4.98 Å². The summed E-state index contributed by atoms with van der Waals surface area (Å²) in [7, 11) is 0. The third-order valence-electron chi connectivity index (χ3n) is 3.88. The minimum atomic E-state index is 0.0671. The number of para-hydroxylation sites is 1. The summed E-state index contributed by atoms with van der Waals surface area (Å²) >= 11 is 1.80. The fraction of sp³-hybridized carbons (Fsp3) is 0.412. The van der Waals surface area contributed by atoms with Crippen molar-refractivity contribution in [2.45, 2.75) is 45.4 Å². The number of anilines is 1. The van der Waals surface area contributed by atoms with E-state index in [-0.39, 0.29) is 5.91 Å². The lowest BCUT2D eigenvalue weighted by Gasteiger charge is -2.07. The summed E-state index contributed by atoms with van der Waals surface area (Å²) in [5.74, 6) is 0.0671. The zero-order valence-electron chi connectivity index (χ0n) is 12.3. The number of hydrogen-bond acceptors (Lipinski definition) is 3. The van der Waals surface area contributed by atoms with Crippen LogP contribution in [0.15, 0.2) is 24.3 Å². The van der Waals surface area contributed by atoms with Crippen LogP contribution in [-0.2, 0) is 24.1 Å². The molecule has 1 N–H and O–H groups in total. The first-order valence-electron chi connectivity index (χ1n) is 7.55. The molecule has 21 heavy (non-hydrogen) atoms. The highest BCUT2D eigenvalue weighted by Gasteiger charge is 2.15. The molecule has 3 rings (SSSR count). The van der Waals surface area contributed by atoms with Crippen LogP contribution in [0, 0.1) is 6.92 Å². The summed E-state index contributed by atoms with van der Waals surface area (Å²) in [6.45, 7) is 2.00. The number of thiazole rings is 1. The summed E-state index contributed by atoms with van der Waals surface area (Å²) < 4.78 is 0. The minimum absolute atomic E-state index is 0.0671. The molecular formula is C17H20N2OS. The molecule has 0 saturated carbocycles. The van der Waals surface area contributed by atoms with E-state index in [1.54, 1.807) is 11.3 Å². The Morgan fingerprint density at radius 3 is 2.90 bits per heavy atom. The van der Waals surface area contributed by atoms with Crippen LogP contribution in [0.4, 0.5) is 5.69 Å². The highest BCUT2D eigenvalue weighted by molar-refractivity contribution is 7.11. The molecule has 0 atom stereocenters. The van der Waals surface area contributed by atoms with Gasteiger partial charge in [-0.15, -0.1) is 11.3 Å². The average Bonchev–Trinajstić information content (AvgIpc) is 2.90. The van der Waals surface area contributed by atoms with Crippen molar-refractivity contribution in [3.63, 3.8) is 0 Å². The van der Waals surface area contributed by atoms with E-state index in [1.165, 1.54) is 29.8 Å². The van der Waals surface area contributed by atoms with Gasteiger partial charge in [0.05, 0.1) is 10.7 Å². The van der Waals surface area contributed by atoms with E-state index in [1.807, 2.05) is 31.2 Å². The number of aromatic nitrogens is 1. The quantitative estimate of drug-likeness (QED) is 0.930. The molecule has 0 unspecified atom stereocenters. The molecule has 1 aromatic heterocycles. The van der Waals surface area contributed by atoms with Crippen LogP contribution in [-0.4, -0.2) is 10.9 Å². The molecule has 0 saturated heterocycles. The molecular weight excluding hydrogens is 280 g/mol. The number of nitrogens with zero attached hydrogens (tertiary/aromatic N) is 1. The summed E-state index contributed by atoms with van der Waals surface area (Å²) in [6.07, 6.45) is 6.06. The summed E-state index contributed by atoms with van der Waals surface area (Å²) in [5, 5.41) is 4.09. The van der Waals surface area contributed by atoms with E-state index < -0.39 is 0 Å². The SMILES string of the molecule is Cc1ccccc1NC(=O)CCc1nc2c(s1)CCCC2. The standard InChI is InChI=1S/C17H20N2OS/c1-12-6-2-3-7-13(12)18-16(20)10-11-17-19-14-8-4-5-9-15(14)21-17/h2-3,6-7H,4-5,8-11H2,1H3,(H,18,20). The molecule has 3 nitrogen and oxygen atoms in total. The predicted molar refractivity (Wildman–Crippen MR) is 86.9 cm³/mol. The second-order valence-corrected chi connectivity index (χ2v) is 6.72. The van der Waals surface area contributed by atoms with Gasteiger partial charge in [0, 0.05) is 23.4 Å². The number of amides is 1. The normalized spacial score (nSPS) is 13.8. The van der Waals surface area contributed by atoms with E-state index >= 15 is 0 Å². The smallest absolute Gasteiger partial charge is 0.224 e. The Hall–Kier alpha value is -1.68. The molecule has 1 aliphatic carbocycles. The molecule has 1 heterocycles. The van der Waals surface area contributed by atoms with Gasteiger partial charge in [0.25, 0.3) is 0 Å². The maximum atomic E-state index is 12.0. The molecule has 0 bridgehead atoms. The van der Waals surface area contributed by atoms with Crippen molar-refractivity contribution in [2.24, 2.45) is 0 Å². The summed E-state index contributed by atoms with van der Waals surface area (Å²) in [6, 6.07) is 7.86. The van der Waals surface area contributed by atoms with Gasteiger partial charge in [-0.3, -0.25) is 4.79 Å². The van der Waals surface area contributed by atoms with E-state index in [2.05, 4.69) is 10.3 Å². The van der Waals surface area contributed by atoms with Gasteiger partial charge < -0.3 is 5.32 Å². The van der Waals surface area contributed by atoms with E-state index in [4.69, 9.17) is 0 Å². The van der Waals surface area contributed by atoms with Crippen molar-refractivity contribution >= 4 is 22.9 Å². The molecule has 1 aliphatic rings. The lowest BCUT2D eigenvalue weighted by Crippen LogP contribution is -2.13. The first-order valence-corrected chi connectivity index (χ1v) is 8.37. The average molecular weight is 300 g/mol. The van der Waals surface area contributed by atoms with Crippen LogP contribution in [0.5, 0.6) is 0 Å². The highest BCUT2D eigenvalue weighted by Crippen LogP contribution is 2.27. The maximum absolute atomic E-state index is 12.0. The van der Waals surface area contributed by atoms with E-state index in [0.717, 1.165) is 29.1 Å². The summed E-state index contributed by atoms with van der Waals surface area (Å²) in [5.41, 5.74) is 3.28. The van der Waals surface area contributed by atoms with Crippen molar-refractivity contribution in [1.29, 1.82) is 0 Å². The second-order valence-electron chi connectivity index (χ2n) is 5.55. The Morgan fingerprint density at radius 1 is 1.29 bits per heavy atom. The highest BCUT2D eigenvalue weighted by atomic mass is 32.1. The van der Waals surface area contributed by atoms with Crippen molar-refractivity contribution in [3.8, 4) is 0 Å². The fourth-order valence-corrected chi connectivity index (χ4v) is 3.82. The Kier molecular flexibility index (Phi) is 4.34. The monoisotopic (exact) mass is 300 g/mol. The lowest BCUT2D eigenvalue weighted by molar-refractivity contribution is -0.116. The van der Waals surface area contributed by atoms with Gasteiger partial charge >= 0.3 is 0 Å². The van der Waals surface area contributed by atoms with Crippen LogP contribution in [0.1, 0.15) is 40.4 Å². The van der Waals surface area contributed by atoms with E-state index in [0.29, 0.717) is 6.42 Å². The van der Waals surface area contributed by atoms with Crippen LogP contribution >= 0.6 is 11.3 Å². The van der Waals surface area contributed by atoms with Gasteiger partial charge in [-0.2, -0.15) is 0 Å². The van der Waals surface area contributed by atoms with Crippen LogP contribution in [0.25, 0.3) is 0 Å². The maximum Gasteiger partial charge on any atom is 0.224 e. The number of hydrogen-bond donors (Lipinski definition) is 1. The van der Waals surface area contributed by atoms with Gasteiger partial charge in [-0.05, 0) is 44.2 Å². The third-order valence-corrected chi connectivity index (χ3v) is 5.09. The second kappa shape index (κ2) is 6.39. The number of carbonyl (C=O) groups excluding carboxylic acids is 1. The molecule has 1 aromatic carbocycles. The Labute approximate surface area is 129 Å². The van der Waals surface area contributed by atoms with Gasteiger partial charge in [0.15, 0.2) is 0 Å². The Morgan fingerprint density at radius 2 is 2.10 bits per heavy atom. The van der Waals surface area contributed by atoms with Crippen molar-refractivity contribution in [1.82, 2.24) is 4.98 Å². The van der Waals surface area contributed by atoms with Crippen LogP contribution in [0.3, 0.4) is 0 Å². The largest absolute Gasteiger partial charge is 0.326 e. The molecule has 110 valence electrons. The fourth-order valence-electron chi connectivity index (χ4n) is 2.66. The molecule has 0 radical (unpaired) electrons. The molecule has 0 fully saturated rings. The van der Waals surface area contributed by atoms with Gasteiger partial charge in [0.1, 0.15) is 0 Å². The Balaban J connectivity index is 1.56. The molecule has 0 aliphatic heterocycles. The first kappa shape index (κ1) is 14.3. The zero-order chi connectivity index (χ0) is 14.7. The van der Waals surface area contributed by atoms with Crippen molar-refractivity contribution in [2.75, 3.05) is 5.32 Å². The number of fused-ring (bicyclic) bond motifs is 1. The number of aryl methyl sites for hydroxylation is 4. The predicted octanol–water partition coefficient (Wildman–Crippen LogP) is 3.90. The first-order chi connectivity index (χ1) is 10.2.